The van der Waals surface area contributed by atoms with Gasteiger partial charge in [0, 0.05) is 24.2 Å². The van der Waals surface area contributed by atoms with Crippen molar-refractivity contribution < 1.29 is 9.84 Å². The van der Waals surface area contributed by atoms with Crippen molar-refractivity contribution in [2.24, 2.45) is 5.92 Å². The topological polar surface area (TPSA) is 29.5 Å². The van der Waals surface area contributed by atoms with E-state index >= 15 is 0 Å². The highest BCUT2D eigenvalue weighted by Crippen LogP contribution is 2.34. The molecule has 0 saturated carbocycles. The molecule has 0 aromatic heterocycles. The Balaban J connectivity index is 2.21. The molecule has 76 valence electrons. The minimum Gasteiger partial charge on any atom is -0.396 e. The van der Waals surface area contributed by atoms with E-state index in [9.17, 15) is 0 Å². The molecule has 1 fully saturated rings. The molecule has 0 amide bonds. The third-order valence-corrected chi connectivity index (χ3v) is 2.86. The second kappa shape index (κ2) is 4.30. The first kappa shape index (κ1) is 9.97. The fraction of sp³-hybridized carbons (Fsp3) is 0.455. The van der Waals surface area contributed by atoms with Crippen LogP contribution in [0.2, 0.25) is 5.02 Å². The molecule has 2 unspecified atom stereocenters. The minimum absolute atomic E-state index is 0.0127. The van der Waals surface area contributed by atoms with Gasteiger partial charge >= 0.3 is 0 Å². The average Bonchev–Trinajstić information content (AvgIpc) is 2.65. The molecule has 1 aliphatic heterocycles. The molecular formula is C11H13ClO2. The number of hydrogen-bond donors (Lipinski definition) is 1. The van der Waals surface area contributed by atoms with Crippen LogP contribution in [-0.2, 0) is 4.74 Å². The van der Waals surface area contributed by atoms with E-state index in [4.69, 9.17) is 21.4 Å². The quantitative estimate of drug-likeness (QED) is 0.816. The maximum absolute atomic E-state index is 9.15. The zero-order chi connectivity index (χ0) is 9.97. The van der Waals surface area contributed by atoms with Gasteiger partial charge in [-0.3, -0.25) is 0 Å². The van der Waals surface area contributed by atoms with Gasteiger partial charge in [-0.1, -0.05) is 23.7 Å². The molecule has 14 heavy (non-hydrogen) atoms. The number of hydrogen-bond acceptors (Lipinski definition) is 2. The van der Waals surface area contributed by atoms with Crippen molar-refractivity contribution in [1.82, 2.24) is 0 Å². The van der Waals surface area contributed by atoms with E-state index in [2.05, 4.69) is 0 Å². The summed E-state index contributed by atoms with van der Waals surface area (Å²) in [6.07, 6.45) is 0.937. The van der Waals surface area contributed by atoms with Gasteiger partial charge in [0.1, 0.15) is 0 Å². The van der Waals surface area contributed by atoms with Crippen LogP contribution in [0.5, 0.6) is 0 Å². The molecule has 3 heteroatoms. The SMILES string of the molecule is OCC1CCOC1c1cccc(Cl)c1. The van der Waals surface area contributed by atoms with Crippen molar-refractivity contribution >= 4 is 11.6 Å². The third-order valence-electron chi connectivity index (χ3n) is 2.63. The number of rotatable bonds is 2. The molecule has 1 N–H and O–H groups in total. The molecule has 0 spiro atoms. The molecule has 0 radical (unpaired) electrons. The average molecular weight is 213 g/mol. The molecule has 2 rings (SSSR count). The van der Waals surface area contributed by atoms with Gasteiger partial charge in [0.25, 0.3) is 0 Å². The van der Waals surface area contributed by atoms with Crippen molar-refractivity contribution in [3.63, 3.8) is 0 Å². The maximum atomic E-state index is 9.15. The molecule has 1 aromatic rings. The summed E-state index contributed by atoms with van der Waals surface area (Å²) in [5.41, 5.74) is 1.06. The zero-order valence-corrected chi connectivity index (χ0v) is 8.57. The predicted octanol–water partition coefficient (Wildman–Crippen LogP) is 2.41. The summed E-state index contributed by atoms with van der Waals surface area (Å²) in [5.74, 6) is 0.216. The summed E-state index contributed by atoms with van der Waals surface area (Å²) < 4.78 is 5.58. The number of aliphatic hydroxyl groups excluding tert-OH is 1. The van der Waals surface area contributed by atoms with Crippen LogP contribution < -0.4 is 0 Å². The van der Waals surface area contributed by atoms with Crippen LogP contribution in [0.25, 0.3) is 0 Å². The lowest BCUT2D eigenvalue weighted by Crippen LogP contribution is -2.11. The van der Waals surface area contributed by atoms with Gasteiger partial charge in [-0.15, -0.1) is 0 Å². The van der Waals surface area contributed by atoms with Crippen molar-refractivity contribution in [1.29, 1.82) is 0 Å². The first-order valence-corrected chi connectivity index (χ1v) is 5.17. The summed E-state index contributed by atoms with van der Waals surface area (Å²) in [6.45, 7) is 0.902. The van der Waals surface area contributed by atoms with Crippen LogP contribution in [0.3, 0.4) is 0 Å². The summed E-state index contributed by atoms with van der Waals surface area (Å²) in [5, 5.41) is 9.87. The lowest BCUT2D eigenvalue weighted by atomic mass is 9.96. The molecule has 0 aliphatic carbocycles. The number of benzene rings is 1. The Hall–Kier alpha value is -0.570. The Kier molecular flexibility index (Phi) is 3.06. The van der Waals surface area contributed by atoms with Crippen LogP contribution in [-0.4, -0.2) is 18.3 Å². The number of ether oxygens (including phenoxy) is 1. The molecule has 1 aliphatic rings. The fourth-order valence-electron chi connectivity index (χ4n) is 1.87. The molecule has 2 nitrogen and oxygen atoms in total. The molecule has 1 aromatic carbocycles. The van der Waals surface area contributed by atoms with Gasteiger partial charge in [-0.2, -0.15) is 0 Å². The standard InChI is InChI=1S/C11H13ClO2/c12-10-3-1-2-8(6-10)11-9(7-13)4-5-14-11/h1-3,6,9,11,13H,4-5,7H2. The van der Waals surface area contributed by atoms with Crippen LogP contribution in [0.4, 0.5) is 0 Å². The van der Waals surface area contributed by atoms with Crippen molar-refractivity contribution in [2.45, 2.75) is 12.5 Å². The van der Waals surface area contributed by atoms with Gasteiger partial charge in [-0.25, -0.2) is 0 Å². The Morgan fingerprint density at radius 1 is 1.50 bits per heavy atom. The van der Waals surface area contributed by atoms with E-state index in [1.54, 1.807) is 0 Å². The highest BCUT2D eigenvalue weighted by molar-refractivity contribution is 6.30. The highest BCUT2D eigenvalue weighted by Gasteiger charge is 2.28. The van der Waals surface area contributed by atoms with Crippen molar-refractivity contribution in [3.05, 3.63) is 34.9 Å². The number of aliphatic hydroxyl groups is 1. The Bertz CT molecular complexity index is 314. The largest absolute Gasteiger partial charge is 0.396 e. The van der Waals surface area contributed by atoms with Gasteiger partial charge in [-0.05, 0) is 24.1 Å². The summed E-state index contributed by atoms with van der Waals surface area (Å²) in [6, 6.07) is 7.65. The second-order valence-corrected chi connectivity index (χ2v) is 4.01. The molecule has 1 heterocycles. The van der Waals surface area contributed by atoms with Gasteiger partial charge in [0.15, 0.2) is 0 Å². The van der Waals surface area contributed by atoms with Crippen LogP contribution >= 0.6 is 11.6 Å². The van der Waals surface area contributed by atoms with Crippen LogP contribution in [0.1, 0.15) is 18.1 Å². The first-order chi connectivity index (χ1) is 6.81. The molecule has 1 saturated heterocycles. The normalized spacial score (nSPS) is 26.7. The zero-order valence-electron chi connectivity index (χ0n) is 7.82. The Labute approximate surface area is 88.5 Å². The fourth-order valence-corrected chi connectivity index (χ4v) is 2.07. The Morgan fingerprint density at radius 3 is 3.07 bits per heavy atom. The molecule has 2 atom stereocenters. The highest BCUT2D eigenvalue weighted by atomic mass is 35.5. The van der Waals surface area contributed by atoms with E-state index in [1.165, 1.54) is 0 Å². The number of halogens is 1. The van der Waals surface area contributed by atoms with Crippen LogP contribution in [0, 0.1) is 5.92 Å². The van der Waals surface area contributed by atoms with Crippen molar-refractivity contribution in [2.75, 3.05) is 13.2 Å². The smallest absolute Gasteiger partial charge is 0.0876 e. The summed E-state index contributed by atoms with van der Waals surface area (Å²) in [7, 11) is 0. The lowest BCUT2D eigenvalue weighted by Gasteiger charge is -2.16. The van der Waals surface area contributed by atoms with Crippen molar-refractivity contribution in [3.8, 4) is 0 Å². The molecular weight excluding hydrogens is 200 g/mol. The van der Waals surface area contributed by atoms with E-state index < -0.39 is 0 Å². The summed E-state index contributed by atoms with van der Waals surface area (Å²) in [4.78, 5) is 0. The van der Waals surface area contributed by atoms with E-state index in [0.29, 0.717) is 0 Å². The van der Waals surface area contributed by atoms with Gasteiger partial charge in [0.2, 0.25) is 0 Å². The third kappa shape index (κ3) is 1.92. The lowest BCUT2D eigenvalue weighted by molar-refractivity contribution is 0.0721. The van der Waals surface area contributed by atoms with E-state index in [-0.39, 0.29) is 18.6 Å². The monoisotopic (exact) mass is 212 g/mol. The van der Waals surface area contributed by atoms with E-state index in [1.807, 2.05) is 24.3 Å². The van der Waals surface area contributed by atoms with Gasteiger partial charge in [0.05, 0.1) is 6.10 Å². The van der Waals surface area contributed by atoms with Crippen LogP contribution in [0.15, 0.2) is 24.3 Å². The van der Waals surface area contributed by atoms with E-state index in [0.717, 1.165) is 23.6 Å². The minimum atomic E-state index is 0.0127. The second-order valence-electron chi connectivity index (χ2n) is 3.58. The Morgan fingerprint density at radius 2 is 2.36 bits per heavy atom. The predicted molar refractivity (Wildman–Crippen MR) is 55.3 cm³/mol. The first-order valence-electron chi connectivity index (χ1n) is 4.79. The summed E-state index contributed by atoms with van der Waals surface area (Å²) >= 11 is 5.90. The molecule has 0 bridgehead atoms. The van der Waals surface area contributed by atoms with Gasteiger partial charge < -0.3 is 9.84 Å². The maximum Gasteiger partial charge on any atom is 0.0876 e.